The van der Waals surface area contributed by atoms with Gasteiger partial charge in [-0.2, -0.15) is 5.10 Å². The van der Waals surface area contributed by atoms with E-state index in [1.807, 2.05) is 72.0 Å². The third kappa shape index (κ3) is 3.95. The first-order valence-electron chi connectivity index (χ1n) is 10.9. The molecule has 2 N–H and O–H groups in total. The topological polar surface area (TPSA) is 80.7 Å². The third-order valence-electron chi connectivity index (χ3n) is 5.98. The number of nitrogens with one attached hydrogen (secondary N) is 2. The summed E-state index contributed by atoms with van der Waals surface area (Å²) in [5, 5.41) is 11.3. The van der Waals surface area contributed by atoms with Crippen LogP contribution in [0.2, 0.25) is 0 Å². The van der Waals surface area contributed by atoms with Crippen molar-refractivity contribution in [2.45, 2.75) is 32.7 Å². The number of rotatable bonds is 4. The van der Waals surface area contributed by atoms with E-state index in [-0.39, 0.29) is 18.9 Å². The van der Waals surface area contributed by atoms with Crippen molar-refractivity contribution < 1.29 is 14.3 Å². The largest absolute Gasteiger partial charge is 0.454 e. The summed E-state index contributed by atoms with van der Waals surface area (Å²) in [7, 11) is 0. The van der Waals surface area contributed by atoms with Crippen LogP contribution in [0.4, 0.5) is 16.2 Å². The minimum absolute atomic E-state index is 0.0963. The van der Waals surface area contributed by atoms with Gasteiger partial charge < -0.3 is 25.0 Å². The number of hydrogen-bond acceptors (Lipinski definition) is 5. The van der Waals surface area contributed by atoms with Crippen LogP contribution in [0.25, 0.3) is 5.69 Å². The van der Waals surface area contributed by atoms with E-state index < -0.39 is 0 Å². The van der Waals surface area contributed by atoms with E-state index in [1.54, 1.807) is 0 Å². The Morgan fingerprint density at radius 3 is 2.75 bits per heavy atom. The van der Waals surface area contributed by atoms with Crippen LogP contribution in [0, 0.1) is 13.8 Å². The first kappa shape index (κ1) is 20.2. The van der Waals surface area contributed by atoms with Gasteiger partial charge in [0.2, 0.25) is 6.79 Å². The summed E-state index contributed by atoms with van der Waals surface area (Å²) in [6.45, 7) is 5.52. The number of nitrogens with zero attached hydrogens (tertiary/aromatic N) is 3. The minimum atomic E-state index is -0.0963. The van der Waals surface area contributed by atoms with Gasteiger partial charge in [0.05, 0.1) is 22.8 Å². The second kappa shape index (κ2) is 8.45. The zero-order valence-electron chi connectivity index (χ0n) is 18.3. The molecule has 2 aromatic carbocycles. The van der Waals surface area contributed by atoms with E-state index in [9.17, 15) is 4.79 Å². The number of anilines is 2. The number of benzene rings is 2. The highest BCUT2D eigenvalue weighted by Crippen LogP contribution is 2.34. The molecule has 1 saturated heterocycles. The van der Waals surface area contributed by atoms with Crippen LogP contribution < -0.4 is 20.1 Å². The van der Waals surface area contributed by atoms with E-state index in [4.69, 9.17) is 9.47 Å². The number of amides is 2. The average Bonchev–Trinajstić information content (AvgIpc) is 3.39. The Labute approximate surface area is 187 Å². The van der Waals surface area contributed by atoms with Crippen molar-refractivity contribution >= 4 is 17.4 Å². The lowest BCUT2D eigenvalue weighted by Crippen LogP contribution is -2.46. The molecule has 166 valence electrons. The van der Waals surface area contributed by atoms with Gasteiger partial charge in [-0.25, -0.2) is 9.48 Å². The lowest BCUT2D eigenvalue weighted by atomic mass is 10.1. The van der Waals surface area contributed by atoms with Crippen LogP contribution in [0.5, 0.6) is 11.5 Å². The van der Waals surface area contributed by atoms with Gasteiger partial charge in [0.15, 0.2) is 11.5 Å². The zero-order valence-corrected chi connectivity index (χ0v) is 18.3. The number of urea groups is 1. The molecule has 0 radical (unpaired) electrons. The van der Waals surface area contributed by atoms with Crippen molar-refractivity contribution in [3.05, 3.63) is 59.9 Å². The number of piperidine rings is 1. The fourth-order valence-corrected chi connectivity index (χ4v) is 4.33. The number of para-hydroxylation sites is 1. The van der Waals surface area contributed by atoms with Crippen LogP contribution in [0.15, 0.2) is 48.5 Å². The standard InChI is InChI=1S/C24H27N5O3/c1-16-23(17(2)29(27-16)20-8-4-3-5-9-20)26-24(30)28-12-6-7-19(14-28)25-18-10-11-21-22(13-18)32-15-31-21/h3-5,8-11,13,19,25H,6-7,12,14-15H2,1-2H3,(H,26,30)/t19-/m1/s1. The summed E-state index contributed by atoms with van der Waals surface area (Å²) in [5.74, 6) is 1.52. The molecule has 8 heteroatoms. The van der Waals surface area contributed by atoms with Crippen molar-refractivity contribution in [3.8, 4) is 17.2 Å². The number of aromatic nitrogens is 2. The molecule has 0 unspecified atom stereocenters. The number of carbonyl (C=O) groups is 1. The van der Waals surface area contributed by atoms with E-state index in [0.717, 1.165) is 59.3 Å². The van der Waals surface area contributed by atoms with Crippen LogP contribution in [-0.4, -0.2) is 46.6 Å². The summed E-state index contributed by atoms with van der Waals surface area (Å²) in [6, 6.07) is 15.9. The highest BCUT2D eigenvalue weighted by molar-refractivity contribution is 5.90. The first-order chi connectivity index (χ1) is 15.6. The van der Waals surface area contributed by atoms with Gasteiger partial charge in [-0.15, -0.1) is 0 Å². The number of fused-ring (bicyclic) bond motifs is 1. The van der Waals surface area contributed by atoms with Crippen LogP contribution >= 0.6 is 0 Å². The number of likely N-dealkylation sites (tertiary alicyclic amines) is 1. The quantitative estimate of drug-likeness (QED) is 0.640. The molecule has 3 aromatic rings. The highest BCUT2D eigenvalue weighted by atomic mass is 16.7. The summed E-state index contributed by atoms with van der Waals surface area (Å²) >= 11 is 0. The molecule has 1 atom stereocenters. The Morgan fingerprint density at radius 1 is 1.09 bits per heavy atom. The number of hydrogen-bond donors (Lipinski definition) is 2. The van der Waals surface area contributed by atoms with Crippen molar-refractivity contribution in [2.24, 2.45) is 0 Å². The maximum absolute atomic E-state index is 13.1. The van der Waals surface area contributed by atoms with E-state index in [1.165, 1.54) is 0 Å². The summed E-state index contributed by atoms with van der Waals surface area (Å²) in [4.78, 5) is 15.0. The predicted molar refractivity (Wildman–Crippen MR) is 123 cm³/mol. The zero-order chi connectivity index (χ0) is 22.1. The lowest BCUT2D eigenvalue weighted by molar-refractivity contribution is 0.174. The van der Waals surface area contributed by atoms with Crippen molar-refractivity contribution in [1.29, 1.82) is 0 Å². The number of aryl methyl sites for hydroxylation is 1. The van der Waals surface area contributed by atoms with Gasteiger partial charge >= 0.3 is 6.03 Å². The summed E-state index contributed by atoms with van der Waals surface area (Å²) in [6.07, 6.45) is 1.94. The molecule has 1 fully saturated rings. The molecule has 2 aliphatic heterocycles. The van der Waals surface area contributed by atoms with Gasteiger partial charge in [0.25, 0.3) is 0 Å². The minimum Gasteiger partial charge on any atom is -0.454 e. The molecule has 2 aliphatic rings. The van der Waals surface area contributed by atoms with Gasteiger partial charge in [-0.05, 0) is 51.0 Å². The van der Waals surface area contributed by atoms with Crippen molar-refractivity contribution in [1.82, 2.24) is 14.7 Å². The molecular weight excluding hydrogens is 406 g/mol. The van der Waals surface area contributed by atoms with Crippen LogP contribution in [-0.2, 0) is 0 Å². The average molecular weight is 434 g/mol. The molecule has 5 rings (SSSR count). The fraction of sp³-hybridized carbons (Fsp3) is 0.333. The Kier molecular flexibility index (Phi) is 5.34. The molecular formula is C24H27N5O3. The summed E-state index contributed by atoms with van der Waals surface area (Å²) in [5.41, 5.74) is 4.42. The van der Waals surface area contributed by atoms with E-state index in [2.05, 4.69) is 15.7 Å². The van der Waals surface area contributed by atoms with Gasteiger partial charge in [-0.1, -0.05) is 18.2 Å². The van der Waals surface area contributed by atoms with Gasteiger partial charge in [0, 0.05) is 30.9 Å². The molecule has 32 heavy (non-hydrogen) atoms. The fourth-order valence-electron chi connectivity index (χ4n) is 4.33. The van der Waals surface area contributed by atoms with Crippen molar-refractivity contribution in [3.63, 3.8) is 0 Å². The van der Waals surface area contributed by atoms with Crippen LogP contribution in [0.1, 0.15) is 24.2 Å². The Hall–Kier alpha value is -3.68. The molecule has 1 aromatic heterocycles. The molecule has 0 bridgehead atoms. The third-order valence-corrected chi connectivity index (χ3v) is 5.98. The first-order valence-corrected chi connectivity index (χ1v) is 10.9. The maximum Gasteiger partial charge on any atom is 0.322 e. The molecule has 0 aliphatic carbocycles. The summed E-state index contributed by atoms with van der Waals surface area (Å²) < 4.78 is 12.7. The lowest BCUT2D eigenvalue weighted by Gasteiger charge is -2.33. The predicted octanol–water partition coefficient (Wildman–Crippen LogP) is 4.33. The molecule has 8 nitrogen and oxygen atoms in total. The SMILES string of the molecule is Cc1nn(-c2ccccc2)c(C)c1NC(=O)N1CCC[C@@H](Nc2ccc3c(c2)OCO3)C1. The second-order valence-corrected chi connectivity index (χ2v) is 8.22. The Bertz CT molecular complexity index is 1130. The van der Waals surface area contributed by atoms with E-state index in [0.29, 0.717) is 6.54 Å². The molecule has 2 amide bonds. The normalized spacial score (nSPS) is 17.3. The number of carbonyl (C=O) groups excluding carboxylic acids is 1. The molecule has 0 saturated carbocycles. The number of ether oxygens (including phenoxy) is 2. The molecule has 3 heterocycles. The molecule has 0 spiro atoms. The maximum atomic E-state index is 13.1. The monoisotopic (exact) mass is 433 g/mol. The Balaban J connectivity index is 1.25. The smallest absolute Gasteiger partial charge is 0.322 e. The Morgan fingerprint density at radius 2 is 1.91 bits per heavy atom. The highest BCUT2D eigenvalue weighted by Gasteiger charge is 2.26. The second-order valence-electron chi connectivity index (χ2n) is 8.22. The van der Waals surface area contributed by atoms with Crippen molar-refractivity contribution in [2.75, 3.05) is 30.5 Å². The van der Waals surface area contributed by atoms with E-state index >= 15 is 0 Å². The van der Waals surface area contributed by atoms with Gasteiger partial charge in [0.1, 0.15) is 0 Å². The van der Waals surface area contributed by atoms with Crippen LogP contribution in [0.3, 0.4) is 0 Å². The van der Waals surface area contributed by atoms with Gasteiger partial charge in [-0.3, -0.25) is 0 Å².